The number of rotatable bonds is 0. The second-order valence-electron chi connectivity index (χ2n) is 3.35. The standard InChI is InChI=1S/C10H10BrF/c1-6-9-3-2-8(12)4-7(9)5-10(6)11/h2-4,6,10H,5H2,1H3. The molecule has 2 heteroatoms. The zero-order valence-corrected chi connectivity index (χ0v) is 8.44. The molecule has 0 N–H and O–H groups in total. The molecule has 0 nitrogen and oxygen atoms in total. The lowest BCUT2D eigenvalue weighted by Gasteiger charge is -2.06. The average molecular weight is 229 g/mol. The molecule has 0 aliphatic heterocycles. The van der Waals surface area contributed by atoms with Gasteiger partial charge in [0.15, 0.2) is 0 Å². The van der Waals surface area contributed by atoms with Crippen LogP contribution in [0.1, 0.15) is 24.0 Å². The molecule has 1 aromatic carbocycles. The van der Waals surface area contributed by atoms with Crippen molar-refractivity contribution in [2.75, 3.05) is 0 Å². The highest BCUT2D eigenvalue weighted by Crippen LogP contribution is 2.37. The lowest BCUT2D eigenvalue weighted by molar-refractivity contribution is 0.626. The van der Waals surface area contributed by atoms with Crippen molar-refractivity contribution in [3.63, 3.8) is 0 Å². The van der Waals surface area contributed by atoms with Crippen molar-refractivity contribution in [1.29, 1.82) is 0 Å². The summed E-state index contributed by atoms with van der Waals surface area (Å²) in [7, 11) is 0. The van der Waals surface area contributed by atoms with E-state index in [0.717, 1.165) is 12.0 Å². The van der Waals surface area contributed by atoms with E-state index in [0.29, 0.717) is 10.7 Å². The monoisotopic (exact) mass is 228 g/mol. The van der Waals surface area contributed by atoms with E-state index in [1.807, 2.05) is 6.07 Å². The Morgan fingerprint density at radius 2 is 2.25 bits per heavy atom. The van der Waals surface area contributed by atoms with Gasteiger partial charge in [0.05, 0.1) is 0 Å². The van der Waals surface area contributed by atoms with Crippen LogP contribution in [-0.4, -0.2) is 4.83 Å². The highest BCUT2D eigenvalue weighted by molar-refractivity contribution is 9.09. The first-order valence-corrected chi connectivity index (χ1v) is 5.02. The van der Waals surface area contributed by atoms with Gasteiger partial charge in [0.25, 0.3) is 0 Å². The minimum absolute atomic E-state index is 0.123. The molecule has 0 aromatic heterocycles. The largest absolute Gasteiger partial charge is 0.207 e. The fourth-order valence-electron chi connectivity index (χ4n) is 1.78. The summed E-state index contributed by atoms with van der Waals surface area (Å²) < 4.78 is 12.8. The van der Waals surface area contributed by atoms with Crippen LogP contribution in [0.25, 0.3) is 0 Å². The second-order valence-corrected chi connectivity index (χ2v) is 4.53. The molecule has 12 heavy (non-hydrogen) atoms. The van der Waals surface area contributed by atoms with Gasteiger partial charge in [0.1, 0.15) is 5.82 Å². The Morgan fingerprint density at radius 1 is 1.50 bits per heavy atom. The fraction of sp³-hybridized carbons (Fsp3) is 0.400. The lowest BCUT2D eigenvalue weighted by atomic mass is 10.0. The van der Waals surface area contributed by atoms with Gasteiger partial charge in [-0.05, 0) is 35.6 Å². The summed E-state index contributed by atoms with van der Waals surface area (Å²) in [4.78, 5) is 0.481. The molecule has 0 amide bonds. The summed E-state index contributed by atoms with van der Waals surface area (Å²) in [5, 5.41) is 0. The molecular weight excluding hydrogens is 219 g/mol. The number of benzene rings is 1. The molecule has 0 spiro atoms. The first kappa shape index (κ1) is 8.24. The quantitative estimate of drug-likeness (QED) is 0.599. The Morgan fingerprint density at radius 3 is 3.00 bits per heavy atom. The molecule has 1 aromatic rings. The summed E-state index contributed by atoms with van der Waals surface area (Å²) >= 11 is 3.59. The van der Waals surface area contributed by atoms with Crippen molar-refractivity contribution < 1.29 is 4.39 Å². The molecule has 0 fully saturated rings. The third-order valence-corrected chi connectivity index (χ3v) is 3.67. The topological polar surface area (TPSA) is 0 Å². The van der Waals surface area contributed by atoms with Gasteiger partial charge in [-0.15, -0.1) is 0 Å². The first-order chi connectivity index (χ1) is 5.68. The smallest absolute Gasteiger partial charge is 0.123 e. The van der Waals surface area contributed by atoms with E-state index in [2.05, 4.69) is 22.9 Å². The van der Waals surface area contributed by atoms with E-state index in [1.54, 1.807) is 12.1 Å². The molecule has 1 aliphatic rings. The Hall–Kier alpha value is -0.370. The zero-order valence-electron chi connectivity index (χ0n) is 6.85. The normalized spacial score (nSPS) is 27.2. The van der Waals surface area contributed by atoms with Crippen LogP contribution in [-0.2, 0) is 6.42 Å². The lowest BCUT2D eigenvalue weighted by Crippen LogP contribution is -2.00. The van der Waals surface area contributed by atoms with Gasteiger partial charge in [-0.2, -0.15) is 0 Å². The number of alkyl halides is 1. The van der Waals surface area contributed by atoms with Crippen LogP contribution in [0.3, 0.4) is 0 Å². The van der Waals surface area contributed by atoms with Gasteiger partial charge in [0.2, 0.25) is 0 Å². The molecule has 0 bridgehead atoms. The van der Waals surface area contributed by atoms with Crippen molar-refractivity contribution in [2.45, 2.75) is 24.1 Å². The number of halogens is 2. The van der Waals surface area contributed by atoms with Gasteiger partial charge in [0, 0.05) is 4.83 Å². The van der Waals surface area contributed by atoms with Gasteiger partial charge in [-0.25, -0.2) is 4.39 Å². The number of hydrogen-bond acceptors (Lipinski definition) is 0. The Bertz CT molecular complexity index is 309. The number of fused-ring (bicyclic) bond motifs is 1. The molecular formula is C10H10BrF. The van der Waals surface area contributed by atoms with Gasteiger partial charge >= 0.3 is 0 Å². The molecule has 64 valence electrons. The van der Waals surface area contributed by atoms with E-state index >= 15 is 0 Å². The fourth-order valence-corrected chi connectivity index (χ4v) is 2.41. The van der Waals surface area contributed by atoms with Crippen LogP contribution in [0.4, 0.5) is 4.39 Å². The third-order valence-electron chi connectivity index (χ3n) is 2.55. The highest BCUT2D eigenvalue weighted by Gasteiger charge is 2.26. The van der Waals surface area contributed by atoms with Crippen LogP contribution >= 0.6 is 15.9 Å². The average Bonchev–Trinajstić information content (AvgIpc) is 2.28. The third kappa shape index (κ3) is 1.18. The number of hydrogen-bond donors (Lipinski definition) is 0. The maximum Gasteiger partial charge on any atom is 0.123 e. The second kappa shape index (κ2) is 2.84. The predicted octanol–water partition coefficient (Wildman–Crippen LogP) is 3.25. The Kier molecular flexibility index (Phi) is 1.95. The molecule has 0 heterocycles. The zero-order chi connectivity index (χ0) is 8.72. The van der Waals surface area contributed by atoms with E-state index in [-0.39, 0.29) is 5.82 Å². The van der Waals surface area contributed by atoms with Crippen LogP contribution < -0.4 is 0 Å². The molecule has 2 unspecified atom stereocenters. The maximum absolute atomic E-state index is 12.8. The summed E-state index contributed by atoms with van der Waals surface area (Å²) in [6.07, 6.45) is 0.953. The first-order valence-electron chi connectivity index (χ1n) is 4.11. The van der Waals surface area contributed by atoms with E-state index in [9.17, 15) is 4.39 Å². The molecule has 2 atom stereocenters. The van der Waals surface area contributed by atoms with Crippen molar-refractivity contribution in [1.82, 2.24) is 0 Å². The summed E-state index contributed by atoms with van der Waals surface area (Å²) in [5.74, 6) is 0.392. The SMILES string of the molecule is CC1c2ccc(F)cc2CC1Br. The van der Waals surface area contributed by atoms with Crippen molar-refractivity contribution in [3.05, 3.63) is 35.1 Å². The molecule has 0 saturated carbocycles. The maximum atomic E-state index is 12.8. The van der Waals surface area contributed by atoms with Crippen molar-refractivity contribution in [2.24, 2.45) is 0 Å². The summed E-state index contributed by atoms with van der Waals surface area (Å²) in [6.45, 7) is 2.17. The van der Waals surface area contributed by atoms with E-state index in [4.69, 9.17) is 0 Å². The summed E-state index contributed by atoms with van der Waals surface area (Å²) in [5.41, 5.74) is 2.45. The van der Waals surface area contributed by atoms with Gasteiger partial charge in [-0.1, -0.05) is 28.9 Å². The molecule has 0 saturated heterocycles. The van der Waals surface area contributed by atoms with Crippen LogP contribution in [0.5, 0.6) is 0 Å². The predicted molar refractivity (Wildman–Crippen MR) is 51.2 cm³/mol. The minimum atomic E-state index is -0.123. The highest BCUT2D eigenvalue weighted by atomic mass is 79.9. The van der Waals surface area contributed by atoms with Crippen molar-refractivity contribution >= 4 is 15.9 Å². The van der Waals surface area contributed by atoms with Crippen LogP contribution in [0.2, 0.25) is 0 Å². The van der Waals surface area contributed by atoms with E-state index < -0.39 is 0 Å². The van der Waals surface area contributed by atoms with Crippen LogP contribution in [0.15, 0.2) is 18.2 Å². The molecule has 0 radical (unpaired) electrons. The summed E-state index contributed by atoms with van der Waals surface area (Å²) in [6, 6.07) is 5.09. The van der Waals surface area contributed by atoms with E-state index in [1.165, 1.54) is 5.56 Å². The molecule has 1 aliphatic carbocycles. The van der Waals surface area contributed by atoms with Gasteiger partial charge < -0.3 is 0 Å². The Balaban J connectivity index is 2.47. The minimum Gasteiger partial charge on any atom is -0.207 e. The molecule has 2 rings (SSSR count). The van der Waals surface area contributed by atoms with Crippen molar-refractivity contribution in [3.8, 4) is 0 Å². The Labute approximate surface area is 79.9 Å². The van der Waals surface area contributed by atoms with Crippen LogP contribution in [0, 0.1) is 5.82 Å². The van der Waals surface area contributed by atoms with Gasteiger partial charge in [-0.3, -0.25) is 0 Å².